The Morgan fingerprint density at radius 1 is 1.67 bits per heavy atom. The van der Waals surface area contributed by atoms with Gasteiger partial charge in [0.2, 0.25) is 5.95 Å². The van der Waals surface area contributed by atoms with E-state index in [1.165, 1.54) is 13.4 Å². The summed E-state index contributed by atoms with van der Waals surface area (Å²) >= 11 is 0. The number of anilines is 1. The third kappa shape index (κ3) is 2.47. The van der Waals surface area contributed by atoms with Gasteiger partial charge in [-0.15, -0.1) is 0 Å². The topological polar surface area (TPSA) is 110 Å². The van der Waals surface area contributed by atoms with Crippen LogP contribution in [-0.2, 0) is 4.74 Å². The van der Waals surface area contributed by atoms with Crippen molar-refractivity contribution in [3.63, 3.8) is 0 Å². The van der Waals surface area contributed by atoms with Crippen LogP contribution in [0.3, 0.4) is 0 Å². The van der Waals surface area contributed by atoms with Gasteiger partial charge >= 0.3 is 0 Å². The molecule has 0 spiro atoms. The summed E-state index contributed by atoms with van der Waals surface area (Å²) in [6, 6.07) is 0. The highest BCUT2D eigenvalue weighted by Crippen LogP contribution is 1.98. The fraction of sp³-hybridized carbons (Fsp3) is 0.125. The minimum absolute atomic E-state index is 0.0783. The molecule has 2 aromatic heterocycles. The van der Waals surface area contributed by atoms with Gasteiger partial charge in [0.25, 0.3) is 5.56 Å². The minimum atomic E-state index is -0.301. The summed E-state index contributed by atoms with van der Waals surface area (Å²) in [5.74, 6) is 0.0783. The molecule has 0 aromatic carbocycles. The summed E-state index contributed by atoms with van der Waals surface area (Å²) in [6.07, 6.45) is 7.88. The Hall–Kier alpha value is -2.49. The second kappa shape index (κ2) is 4.66. The molecule has 0 unspecified atom stereocenters. The van der Waals surface area contributed by atoms with Crippen LogP contribution in [0.4, 0.5) is 5.95 Å². The number of terminal acetylenes is 1. The Balaban J connectivity index is 0.000000245. The molecule has 0 saturated heterocycles. The maximum atomic E-state index is 11.0. The van der Waals surface area contributed by atoms with Gasteiger partial charge in [0.1, 0.15) is 6.11 Å². The molecule has 0 aliphatic carbocycles. The largest absolute Gasteiger partial charge is 0.450 e. The van der Waals surface area contributed by atoms with Crippen molar-refractivity contribution in [2.75, 3.05) is 12.8 Å². The molecule has 7 nitrogen and oxygen atoms in total. The summed E-state index contributed by atoms with van der Waals surface area (Å²) in [5, 5.41) is 0. The number of fused-ring (bicyclic) bond motifs is 1. The fourth-order valence-corrected chi connectivity index (χ4v) is 0.860. The second-order valence-corrected chi connectivity index (χ2v) is 2.37. The standard InChI is InChI=1S/C5H5N5O.C3H4O/c6-5-9-3-2(4(11)10-5)7-1-8-3;1-3-4-2/h1H,(H4,6,7,8,9,10,11);1H,2H3. The molecule has 15 heavy (non-hydrogen) atoms. The van der Waals surface area contributed by atoms with Crippen LogP contribution < -0.4 is 11.3 Å². The van der Waals surface area contributed by atoms with Crippen LogP contribution in [0.1, 0.15) is 0 Å². The molecule has 2 aromatic rings. The highest BCUT2D eigenvalue weighted by molar-refractivity contribution is 5.69. The van der Waals surface area contributed by atoms with Crippen molar-refractivity contribution in [3.8, 4) is 12.5 Å². The van der Waals surface area contributed by atoms with Gasteiger partial charge in [-0.25, -0.2) is 4.98 Å². The molecule has 4 N–H and O–H groups in total. The highest BCUT2D eigenvalue weighted by Gasteiger charge is 2.01. The molecule has 0 aliphatic rings. The van der Waals surface area contributed by atoms with E-state index in [-0.39, 0.29) is 11.5 Å². The lowest BCUT2D eigenvalue weighted by atomic mass is 10.5. The van der Waals surface area contributed by atoms with Gasteiger partial charge in [-0.3, -0.25) is 9.78 Å². The first-order valence-corrected chi connectivity index (χ1v) is 3.86. The normalized spacial score (nSPS) is 8.80. The lowest BCUT2D eigenvalue weighted by Crippen LogP contribution is -2.10. The summed E-state index contributed by atoms with van der Waals surface area (Å²) in [4.78, 5) is 23.5. The molecule has 0 atom stereocenters. The number of H-pyrrole nitrogens is 2. The minimum Gasteiger partial charge on any atom is -0.450 e. The summed E-state index contributed by atoms with van der Waals surface area (Å²) in [6.45, 7) is 0. The van der Waals surface area contributed by atoms with E-state index in [0.29, 0.717) is 11.2 Å². The number of hydrogen-bond acceptors (Lipinski definition) is 5. The number of ether oxygens (including phenoxy) is 1. The number of methoxy groups -OCH3 is 1. The van der Waals surface area contributed by atoms with Crippen LogP contribution >= 0.6 is 0 Å². The zero-order valence-corrected chi connectivity index (χ0v) is 7.94. The predicted molar refractivity (Wildman–Crippen MR) is 54.8 cm³/mol. The Labute approximate surface area is 84.7 Å². The number of nitrogens with two attached hydrogens (primary N) is 1. The Bertz CT molecular complexity index is 536. The Morgan fingerprint density at radius 3 is 2.93 bits per heavy atom. The number of imidazole rings is 1. The van der Waals surface area contributed by atoms with Gasteiger partial charge in [0.05, 0.1) is 13.4 Å². The van der Waals surface area contributed by atoms with E-state index in [2.05, 4.69) is 31.1 Å². The number of nitrogens with one attached hydrogen (secondary N) is 2. The first kappa shape index (κ1) is 10.6. The highest BCUT2D eigenvalue weighted by atomic mass is 16.5. The van der Waals surface area contributed by atoms with E-state index in [4.69, 9.17) is 5.73 Å². The monoisotopic (exact) mass is 207 g/mol. The summed E-state index contributed by atoms with van der Waals surface area (Å²) < 4.78 is 4.07. The van der Waals surface area contributed by atoms with Gasteiger partial charge in [-0.2, -0.15) is 4.98 Å². The van der Waals surface area contributed by atoms with E-state index >= 15 is 0 Å². The van der Waals surface area contributed by atoms with E-state index in [1.54, 1.807) is 0 Å². The SMILES string of the molecule is C#COC.Nc1nc2nc[nH]c2c(=O)[nH]1. The van der Waals surface area contributed by atoms with Gasteiger partial charge in [-0.1, -0.05) is 6.42 Å². The molecule has 0 aliphatic heterocycles. The molecule has 7 heteroatoms. The van der Waals surface area contributed by atoms with Crippen molar-refractivity contribution < 1.29 is 4.74 Å². The lowest BCUT2D eigenvalue weighted by molar-refractivity contribution is 0.373. The third-order valence-electron chi connectivity index (χ3n) is 1.43. The molecule has 0 amide bonds. The number of aromatic nitrogens is 4. The number of hydrogen-bond donors (Lipinski definition) is 3. The number of nitrogens with zero attached hydrogens (tertiary/aromatic N) is 2. The molecular weight excluding hydrogens is 198 g/mol. The van der Waals surface area contributed by atoms with Crippen molar-refractivity contribution in [1.29, 1.82) is 0 Å². The lowest BCUT2D eigenvalue weighted by Gasteiger charge is -1.89. The molecule has 0 radical (unpaired) electrons. The first-order chi connectivity index (χ1) is 7.19. The summed E-state index contributed by atoms with van der Waals surface area (Å²) in [5.41, 5.74) is 5.65. The maximum Gasteiger partial charge on any atom is 0.278 e. The van der Waals surface area contributed by atoms with E-state index in [1.807, 2.05) is 6.11 Å². The maximum absolute atomic E-state index is 11.0. The quantitative estimate of drug-likeness (QED) is 0.502. The van der Waals surface area contributed by atoms with Crippen LogP contribution in [0, 0.1) is 12.5 Å². The second-order valence-electron chi connectivity index (χ2n) is 2.37. The first-order valence-electron chi connectivity index (χ1n) is 3.86. The molecule has 2 rings (SSSR count). The zero-order chi connectivity index (χ0) is 11.3. The Kier molecular flexibility index (Phi) is 3.29. The van der Waals surface area contributed by atoms with Crippen LogP contribution in [0.15, 0.2) is 11.1 Å². The van der Waals surface area contributed by atoms with E-state index < -0.39 is 0 Å². The third-order valence-corrected chi connectivity index (χ3v) is 1.43. The molecular formula is C8H9N5O2. The number of rotatable bonds is 0. The van der Waals surface area contributed by atoms with E-state index in [9.17, 15) is 4.79 Å². The predicted octanol–water partition coefficient (Wildman–Crippen LogP) is -0.548. The van der Waals surface area contributed by atoms with Crippen LogP contribution in [-0.4, -0.2) is 27.0 Å². The van der Waals surface area contributed by atoms with Crippen LogP contribution in [0.5, 0.6) is 0 Å². The molecule has 0 bridgehead atoms. The van der Waals surface area contributed by atoms with Crippen molar-refractivity contribution in [3.05, 3.63) is 16.7 Å². The average molecular weight is 207 g/mol. The van der Waals surface area contributed by atoms with E-state index in [0.717, 1.165) is 0 Å². The van der Waals surface area contributed by atoms with Gasteiger partial charge in [0.15, 0.2) is 11.2 Å². The molecule has 78 valence electrons. The van der Waals surface area contributed by atoms with Crippen molar-refractivity contribution in [2.24, 2.45) is 0 Å². The molecule has 2 heterocycles. The fourth-order valence-electron chi connectivity index (χ4n) is 0.860. The van der Waals surface area contributed by atoms with Crippen molar-refractivity contribution in [2.45, 2.75) is 0 Å². The smallest absolute Gasteiger partial charge is 0.278 e. The van der Waals surface area contributed by atoms with Gasteiger partial charge in [-0.05, 0) is 0 Å². The number of aromatic amines is 2. The zero-order valence-electron chi connectivity index (χ0n) is 7.94. The summed E-state index contributed by atoms with van der Waals surface area (Å²) in [7, 11) is 1.44. The van der Waals surface area contributed by atoms with Crippen molar-refractivity contribution in [1.82, 2.24) is 19.9 Å². The number of nitrogen functional groups attached to an aromatic ring is 1. The van der Waals surface area contributed by atoms with Crippen LogP contribution in [0.2, 0.25) is 0 Å². The molecule has 0 saturated carbocycles. The van der Waals surface area contributed by atoms with Crippen LogP contribution in [0.25, 0.3) is 11.2 Å². The van der Waals surface area contributed by atoms with Gasteiger partial charge in [0, 0.05) is 0 Å². The van der Waals surface area contributed by atoms with Crippen molar-refractivity contribution >= 4 is 17.1 Å². The average Bonchev–Trinajstić information content (AvgIpc) is 2.66. The Morgan fingerprint density at radius 2 is 2.33 bits per heavy atom. The molecule has 0 fully saturated rings. The van der Waals surface area contributed by atoms with Gasteiger partial charge < -0.3 is 15.5 Å².